The Kier molecular flexibility index (Phi) is 10.7. The summed E-state index contributed by atoms with van der Waals surface area (Å²) in [5.41, 5.74) is 10.1. The molecule has 0 spiro atoms. The number of amides is 1. The molecule has 45 heavy (non-hydrogen) atoms. The third kappa shape index (κ3) is 7.73. The van der Waals surface area contributed by atoms with Gasteiger partial charge in [0, 0.05) is 72.6 Å². The van der Waals surface area contributed by atoms with Crippen molar-refractivity contribution < 1.29 is 23.5 Å². The van der Waals surface area contributed by atoms with Crippen molar-refractivity contribution in [3.63, 3.8) is 0 Å². The molecule has 0 aliphatic rings. The first-order chi connectivity index (χ1) is 21.4. The maximum absolute atomic E-state index is 14.2. The van der Waals surface area contributed by atoms with E-state index in [1.54, 1.807) is 61.2 Å². The Morgan fingerprint density at radius 1 is 1.07 bits per heavy atom. The van der Waals surface area contributed by atoms with Crippen LogP contribution in [0.2, 0.25) is 0 Å². The average Bonchev–Trinajstić information content (AvgIpc) is 3.42. The highest BCUT2D eigenvalue weighted by Crippen LogP contribution is 2.36. The molecule has 4 rings (SSSR count). The van der Waals surface area contributed by atoms with Gasteiger partial charge >= 0.3 is 5.97 Å². The van der Waals surface area contributed by atoms with Crippen LogP contribution in [0.25, 0.3) is 33.3 Å². The lowest BCUT2D eigenvalue weighted by atomic mass is 10.0. The third-order valence-electron chi connectivity index (χ3n) is 7.82. The van der Waals surface area contributed by atoms with Gasteiger partial charge in [0.1, 0.15) is 17.4 Å². The fourth-order valence-electron chi connectivity index (χ4n) is 4.82. The summed E-state index contributed by atoms with van der Waals surface area (Å²) in [6.45, 7) is 6.25. The molecule has 0 saturated heterocycles. The number of fused-ring (bicyclic) bond motifs is 1. The zero-order chi connectivity index (χ0) is 32.8. The number of hydrogen-bond donors (Lipinski definition) is 1. The Morgan fingerprint density at radius 2 is 1.82 bits per heavy atom. The van der Waals surface area contributed by atoms with E-state index in [2.05, 4.69) is 4.98 Å². The summed E-state index contributed by atoms with van der Waals surface area (Å²) in [6, 6.07) is 9.75. The number of pyridine rings is 2. The van der Waals surface area contributed by atoms with Crippen LogP contribution in [0, 0.1) is 11.9 Å². The molecule has 3 unspecified atom stereocenters. The van der Waals surface area contributed by atoms with Crippen LogP contribution < -0.4 is 15.4 Å². The molecule has 2 N–H and O–H groups in total. The molecule has 10 nitrogen and oxygen atoms in total. The van der Waals surface area contributed by atoms with Crippen LogP contribution in [-0.2, 0) is 14.3 Å². The van der Waals surface area contributed by atoms with Gasteiger partial charge in [0.25, 0.3) is 0 Å². The smallest absolute Gasteiger partial charge is 0.325 e. The van der Waals surface area contributed by atoms with Crippen molar-refractivity contribution in [2.75, 3.05) is 39.7 Å². The molecule has 11 heteroatoms. The maximum Gasteiger partial charge on any atom is 0.325 e. The molecule has 0 aliphatic heterocycles. The molecule has 3 atom stereocenters. The van der Waals surface area contributed by atoms with Crippen molar-refractivity contribution in [2.24, 2.45) is 11.7 Å². The molecule has 238 valence electrons. The van der Waals surface area contributed by atoms with Crippen molar-refractivity contribution in [1.82, 2.24) is 19.4 Å². The monoisotopic (exact) mass is 616 g/mol. The average molecular weight is 617 g/mol. The third-order valence-corrected chi connectivity index (χ3v) is 7.82. The van der Waals surface area contributed by atoms with Crippen LogP contribution in [0.15, 0.2) is 67.1 Å². The van der Waals surface area contributed by atoms with E-state index in [-0.39, 0.29) is 11.8 Å². The van der Waals surface area contributed by atoms with E-state index in [9.17, 15) is 14.0 Å². The summed E-state index contributed by atoms with van der Waals surface area (Å²) < 4.78 is 27.3. The Morgan fingerprint density at radius 3 is 2.49 bits per heavy atom. The number of halogens is 1. The predicted octanol–water partition coefficient (Wildman–Crippen LogP) is 5.43. The summed E-state index contributed by atoms with van der Waals surface area (Å²) in [5.74, 6) is -0.794. The van der Waals surface area contributed by atoms with Gasteiger partial charge in [0.05, 0.1) is 7.11 Å². The van der Waals surface area contributed by atoms with Crippen molar-refractivity contribution in [3.05, 3.63) is 73.1 Å². The number of methoxy groups -OCH3 is 1. The number of aromatic nitrogens is 3. The van der Waals surface area contributed by atoms with E-state index in [0.717, 1.165) is 17.5 Å². The van der Waals surface area contributed by atoms with Gasteiger partial charge in [0.15, 0.2) is 6.23 Å². The van der Waals surface area contributed by atoms with Gasteiger partial charge in [-0.3, -0.25) is 14.2 Å². The normalized spacial score (nSPS) is 13.6. The van der Waals surface area contributed by atoms with Crippen LogP contribution in [0.4, 0.5) is 10.1 Å². The topological polar surface area (TPSA) is 116 Å². The van der Waals surface area contributed by atoms with Gasteiger partial charge in [0.2, 0.25) is 11.9 Å². The van der Waals surface area contributed by atoms with Crippen LogP contribution in [0.3, 0.4) is 0 Å². The second-order valence-electron chi connectivity index (χ2n) is 11.3. The van der Waals surface area contributed by atoms with Gasteiger partial charge in [-0.15, -0.1) is 0 Å². The van der Waals surface area contributed by atoms with E-state index < -0.39 is 24.2 Å². The Labute approximate surface area is 263 Å². The SMILES string of the molecule is CCC(C)C(N)C(=O)OC(C)n1cc(-c2ccnc(F)c2)c2cc(-c3cc(OC)cc(N(C)C(=O)/C=C/CN(C)C)c3)cnc21. The predicted molar refractivity (Wildman–Crippen MR) is 174 cm³/mol. The number of nitrogens with two attached hydrogens (primary N) is 1. The first kappa shape index (κ1) is 33.3. The molecule has 3 aromatic heterocycles. The second-order valence-corrected chi connectivity index (χ2v) is 11.3. The number of likely N-dealkylation sites (N-methyl/N-ethyl adjacent to an activating group) is 2. The first-order valence-electron chi connectivity index (χ1n) is 14.8. The summed E-state index contributed by atoms with van der Waals surface area (Å²) in [7, 11) is 7.13. The van der Waals surface area contributed by atoms with E-state index >= 15 is 0 Å². The largest absolute Gasteiger partial charge is 0.497 e. The molecular formula is C34H41FN6O4. The summed E-state index contributed by atoms with van der Waals surface area (Å²) in [5, 5.41) is 0.702. The lowest BCUT2D eigenvalue weighted by Gasteiger charge is -2.21. The minimum atomic E-state index is -0.761. The summed E-state index contributed by atoms with van der Waals surface area (Å²) in [4.78, 5) is 37.7. The molecular weight excluding hydrogens is 575 g/mol. The molecule has 4 aromatic rings. The van der Waals surface area contributed by atoms with Crippen LogP contribution in [-0.4, -0.2) is 72.2 Å². The number of rotatable bonds is 12. The number of benzene rings is 1. The Bertz CT molecular complexity index is 1700. The minimum absolute atomic E-state index is 0.0432. The molecule has 1 amide bonds. The number of nitrogens with zero attached hydrogens (tertiary/aromatic N) is 5. The van der Waals surface area contributed by atoms with Crippen LogP contribution in [0.1, 0.15) is 33.4 Å². The van der Waals surface area contributed by atoms with Crippen molar-refractivity contribution in [1.29, 1.82) is 0 Å². The quantitative estimate of drug-likeness (QED) is 0.127. The summed E-state index contributed by atoms with van der Waals surface area (Å²) in [6.07, 6.45) is 8.23. The van der Waals surface area contributed by atoms with Crippen molar-refractivity contribution in [3.8, 4) is 28.0 Å². The molecule has 3 heterocycles. The number of hydrogen-bond acceptors (Lipinski definition) is 8. The second kappa shape index (κ2) is 14.4. The van der Waals surface area contributed by atoms with Crippen LogP contribution >= 0.6 is 0 Å². The number of ether oxygens (including phenoxy) is 2. The Hall–Kier alpha value is -4.61. The van der Waals surface area contributed by atoms with Gasteiger partial charge in [-0.2, -0.15) is 4.39 Å². The zero-order valence-corrected chi connectivity index (χ0v) is 26.8. The number of esters is 1. The van der Waals surface area contributed by atoms with Gasteiger partial charge < -0.3 is 25.0 Å². The van der Waals surface area contributed by atoms with E-state index in [1.807, 2.05) is 57.1 Å². The van der Waals surface area contributed by atoms with Gasteiger partial charge in [-0.1, -0.05) is 26.3 Å². The summed E-state index contributed by atoms with van der Waals surface area (Å²) >= 11 is 0. The standard InChI is InChI=1S/C34H41FN6O4/c1-8-21(2)32(36)34(43)45-22(3)41-20-29(23-11-12-37-30(35)17-23)28-16-25(19-38-33(28)41)24-14-26(18-27(15-24)44-7)40(6)31(42)10-9-13-39(4)5/h9-12,14-22,32H,8,13,36H2,1-7H3/b10-9+. The fourth-order valence-corrected chi connectivity index (χ4v) is 4.82. The van der Waals surface area contributed by atoms with E-state index in [4.69, 9.17) is 20.2 Å². The molecule has 0 aliphatic carbocycles. The van der Waals surface area contributed by atoms with Crippen molar-refractivity contribution >= 4 is 28.6 Å². The first-order valence-corrected chi connectivity index (χ1v) is 14.8. The molecule has 0 saturated carbocycles. The molecule has 0 bridgehead atoms. The zero-order valence-electron chi connectivity index (χ0n) is 26.8. The molecule has 0 radical (unpaired) electrons. The number of carbonyl (C=O) groups excluding carboxylic acids is 2. The highest BCUT2D eigenvalue weighted by Gasteiger charge is 2.25. The van der Waals surface area contributed by atoms with Gasteiger partial charge in [-0.25, -0.2) is 9.97 Å². The highest BCUT2D eigenvalue weighted by atomic mass is 19.1. The molecule has 0 fully saturated rings. The van der Waals surface area contributed by atoms with E-state index in [0.29, 0.717) is 40.1 Å². The van der Waals surface area contributed by atoms with Crippen molar-refractivity contribution in [2.45, 2.75) is 39.5 Å². The van der Waals surface area contributed by atoms with Gasteiger partial charge in [-0.05, 0) is 62.3 Å². The van der Waals surface area contributed by atoms with E-state index in [1.165, 1.54) is 12.3 Å². The maximum atomic E-state index is 14.2. The number of anilines is 1. The lowest BCUT2D eigenvalue weighted by molar-refractivity contribution is -0.155. The Balaban J connectivity index is 1.79. The van der Waals surface area contributed by atoms with Crippen LogP contribution in [0.5, 0.6) is 5.75 Å². The highest BCUT2D eigenvalue weighted by molar-refractivity contribution is 6.02. The lowest BCUT2D eigenvalue weighted by Crippen LogP contribution is -2.38. The number of carbonyl (C=O) groups is 2. The minimum Gasteiger partial charge on any atom is -0.497 e. The fraction of sp³-hybridized carbons (Fsp3) is 0.353. The molecule has 1 aromatic carbocycles.